The molecule has 0 aliphatic heterocycles. The number of amides is 1. The van der Waals surface area contributed by atoms with Gasteiger partial charge in [-0.05, 0) is 48.7 Å². The van der Waals surface area contributed by atoms with Crippen molar-refractivity contribution in [3.63, 3.8) is 0 Å². The number of hydrogen-bond donors (Lipinski definition) is 2. The summed E-state index contributed by atoms with van der Waals surface area (Å²) in [5.74, 6) is -0.238. The number of carbonyl (C=O) groups is 1. The highest BCUT2D eigenvalue weighted by Gasteiger charge is 2.15. The Hall–Kier alpha value is -2.22. The molecule has 0 aliphatic rings. The van der Waals surface area contributed by atoms with Crippen LogP contribution in [0.2, 0.25) is 0 Å². The SMILES string of the molecule is COCCCNC(=O)c1ccc(S(=O)(=O)NCc2ccccc2C)cc1. The maximum absolute atomic E-state index is 12.4. The lowest BCUT2D eigenvalue weighted by molar-refractivity contribution is 0.0948. The lowest BCUT2D eigenvalue weighted by Gasteiger charge is -2.10. The number of hydrogen-bond acceptors (Lipinski definition) is 4. The fourth-order valence-corrected chi connectivity index (χ4v) is 3.38. The first kappa shape index (κ1) is 20.1. The van der Waals surface area contributed by atoms with E-state index in [0.29, 0.717) is 18.7 Å². The molecule has 0 spiro atoms. The Morgan fingerprint density at radius 3 is 2.42 bits per heavy atom. The molecule has 26 heavy (non-hydrogen) atoms. The van der Waals surface area contributed by atoms with Gasteiger partial charge in [-0.2, -0.15) is 0 Å². The van der Waals surface area contributed by atoms with E-state index in [0.717, 1.165) is 17.5 Å². The van der Waals surface area contributed by atoms with Crippen molar-refractivity contribution in [2.45, 2.75) is 24.8 Å². The minimum Gasteiger partial charge on any atom is -0.385 e. The van der Waals surface area contributed by atoms with Crippen LogP contribution >= 0.6 is 0 Å². The summed E-state index contributed by atoms with van der Waals surface area (Å²) < 4.78 is 32.3. The molecule has 0 aliphatic carbocycles. The summed E-state index contributed by atoms with van der Waals surface area (Å²) in [6.45, 7) is 3.23. The highest BCUT2D eigenvalue weighted by molar-refractivity contribution is 7.89. The molecule has 0 saturated carbocycles. The number of aryl methyl sites for hydroxylation is 1. The van der Waals surface area contributed by atoms with E-state index in [1.807, 2.05) is 31.2 Å². The Kier molecular flexibility index (Phi) is 7.32. The summed E-state index contributed by atoms with van der Waals surface area (Å²) in [5, 5.41) is 2.76. The van der Waals surface area contributed by atoms with Crippen molar-refractivity contribution < 1.29 is 17.9 Å². The zero-order valence-electron chi connectivity index (χ0n) is 15.0. The first-order chi connectivity index (χ1) is 12.4. The van der Waals surface area contributed by atoms with Gasteiger partial charge < -0.3 is 10.1 Å². The predicted octanol–water partition coefficient (Wildman–Crippen LogP) is 2.24. The first-order valence-electron chi connectivity index (χ1n) is 8.35. The fourth-order valence-electron chi connectivity index (χ4n) is 2.37. The number of carbonyl (C=O) groups excluding carboxylic acids is 1. The quantitative estimate of drug-likeness (QED) is 0.658. The Balaban J connectivity index is 1.97. The Bertz CT molecular complexity index is 833. The lowest BCUT2D eigenvalue weighted by Crippen LogP contribution is -2.26. The average Bonchev–Trinajstić information content (AvgIpc) is 2.64. The summed E-state index contributed by atoms with van der Waals surface area (Å²) in [6.07, 6.45) is 0.720. The molecular formula is C19H24N2O4S. The zero-order chi connectivity index (χ0) is 19.0. The van der Waals surface area contributed by atoms with Crippen LogP contribution in [0.15, 0.2) is 53.4 Å². The molecule has 0 atom stereocenters. The second-order valence-corrected chi connectivity index (χ2v) is 7.64. The van der Waals surface area contributed by atoms with Crippen LogP contribution in [0.4, 0.5) is 0 Å². The highest BCUT2D eigenvalue weighted by Crippen LogP contribution is 2.13. The third-order valence-electron chi connectivity index (χ3n) is 3.95. The van der Waals surface area contributed by atoms with Crippen molar-refractivity contribution in [2.75, 3.05) is 20.3 Å². The number of sulfonamides is 1. The fraction of sp³-hybridized carbons (Fsp3) is 0.316. The van der Waals surface area contributed by atoms with Crippen LogP contribution in [0, 0.1) is 6.92 Å². The van der Waals surface area contributed by atoms with E-state index >= 15 is 0 Å². The average molecular weight is 376 g/mol. The second kappa shape index (κ2) is 9.47. The lowest BCUT2D eigenvalue weighted by atomic mass is 10.1. The number of benzene rings is 2. The number of nitrogens with one attached hydrogen (secondary N) is 2. The van der Waals surface area contributed by atoms with Gasteiger partial charge in [-0.25, -0.2) is 13.1 Å². The van der Waals surface area contributed by atoms with Gasteiger partial charge in [0.2, 0.25) is 10.0 Å². The highest BCUT2D eigenvalue weighted by atomic mass is 32.2. The molecule has 0 aromatic heterocycles. The number of methoxy groups -OCH3 is 1. The smallest absolute Gasteiger partial charge is 0.251 e. The molecule has 0 heterocycles. The minimum atomic E-state index is -3.64. The maximum atomic E-state index is 12.4. The zero-order valence-corrected chi connectivity index (χ0v) is 15.8. The van der Waals surface area contributed by atoms with Gasteiger partial charge in [0.25, 0.3) is 5.91 Å². The summed E-state index contributed by atoms with van der Waals surface area (Å²) in [5.41, 5.74) is 2.36. The topological polar surface area (TPSA) is 84.5 Å². The van der Waals surface area contributed by atoms with E-state index in [9.17, 15) is 13.2 Å². The molecule has 1 amide bonds. The van der Waals surface area contributed by atoms with Crippen molar-refractivity contribution in [2.24, 2.45) is 0 Å². The van der Waals surface area contributed by atoms with Crippen LogP contribution in [0.1, 0.15) is 27.9 Å². The summed E-state index contributed by atoms with van der Waals surface area (Å²) in [4.78, 5) is 12.1. The molecule has 0 unspecified atom stereocenters. The molecule has 2 aromatic rings. The van der Waals surface area contributed by atoms with E-state index in [1.54, 1.807) is 7.11 Å². The van der Waals surface area contributed by atoms with Crippen LogP contribution in [0.5, 0.6) is 0 Å². The summed E-state index contributed by atoms with van der Waals surface area (Å²) in [7, 11) is -2.03. The monoisotopic (exact) mass is 376 g/mol. The van der Waals surface area contributed by atoms with Gasteiger partial charge in [-0.15, -0.1) is 0 Å². The van der Waals surface area contributed by atoms with Crippen molar-refractivity contribution in [3.05, 3.63) is 65.2 Å². The molecule has 2 aromatic carbocycles. The first-order valence-corrected chi connectivity index (χ1v) is 9.84. The summed E-state index contributed by atoms with van der Waals surface area (Å²) >= 11 is 0. The third-order valence-corrected chi connectivity index (χ3v) is 5.37. The van der Waals surface area contributed by atoms with Gasteiger partial charge >= 0.3 is 0 Å². The van der Waals surface area contributed by atoms with Gasteiger partial charge in [-0.3, -0.25) is 4.79 Å². The molecule has 2 N–H and O–H groups in total. The van der Waals surface area contributed by atoms with Crippen LogP contribution in [-0.2, 0) is 21.3 Å². The van der Waals surface area contributed by atoms with Gasteiger partial charge in [0.15, 0.2) is 0 Å². The van der Waals surface area contributed by atoms with Crippen LogP contribution in [-0.4, -0.2) is 34.6 Å². The van der Waals surface area contributed by atoms with Gasteiger partial charge in [0.05, 0.1) is 4.90 Å². The minimum absolute atomic E-state index is 0.127. The normalized spacial score (nSPS) is 11.3. The van der Waals surface area contributed by atoms with Crippen LogP contribution < -0.4 is 10.0 Å². The molecule has 140 valence electrons. The van der Waals surface area contributed by atoms with Gasteiger partial charge in [-0.1, -0.05) is 24.3 Å². The van der Waals surface area contributed by atoms with E-state index < -0.39 is 10.0 Å². The van der Waals surface area contributed by atoms with Crippen molar-refractivity contribution in [1.29, 1.82) is 0 Å². The third kappa shape index (κ3) is 5.66. The van der Waals surface area contributed by atoms with Gasteiger partial charge in [0, 0.05) is 32.4 Å². The van der Waals surface area contributed by atoms with Crippen molar-refractivity contribution >= 4 is 15.9 Å². The Labute approximate surface area is 154 Å². The number of ether oxygens (including phenoxy) is 1. The molecule has 7 heteroatoms. The van der Waals surface area contributed by atoms with Crippen molar-refractivity contribution in [3.8, 4) is 0 Å². The molecule has 0 radical (unpaired) electrons. The Morgan fingerprint density at radius 1 is 1.08 bits per heavy atom. The largest absolute Gasteiger partial charge is 0.385 e. The molecular weight excluding hydrogens is 352 g/mol. The van der Waals surface area contributed by atoms with Gasteiger partial charge in [0.1, 0.15) is 0 Å². The number of rotatable bonds is 9. The predicted molar refractivity (Wildman–Crippen MR) is 100 cm³/mol. The van der Waals surface area contributed by atoms with E-state index in [-0.39, 0.29) is 17.3 Å². The van der Waals surface area contributed by atoms with E-state index in [4.69, 9.17) is 4.74 Å². The Morgan fingerprint density at radius 2 is 1.77 bits per heavy atom. The van der Waals surface area contributed by atoms with Crippen molar-refractivity contribution in [1.82, 2.24) is 10.0 Å². The summed E-state index contributed by atoms with van der Waals surface area (Å²) in [6, 6.07) is 13.5. The standard InChI is InChI=1S/C19H24N2O4S/c1-15-6-3-4-7-17(15)14-21-26(23,24)18-10-8-16(9-11-18)19(22)20-12-5-13-25-2/h3-4,6-11,21H,5,12-14H2,1-2H3,(H,20,22). The molecule has 6 nitrogen and oxygen atoms in total. The molecule has 2 rings (SSSR count). The van der Waals surface area contributed by atoms with Crippen LogP contribution in [0.25, 0.3) is 0 Å². The van der Waals surface area contributed by atoms with Crippen LogP contribution in [0.3, 0.4) is 0 Å². The molecule has 0 fully saturated rings. The second-order valence-electron chi connectivity index (χ2n) is 5.88. The molecule has 0 bridgehead atoms. The molecule has 0 saturated heterocycles. The van der Waals surface area contributed by atoms with E-state index in [1.165, 1.54) is 24.3 Å². The maximum Gasteiger partial charge on any atom is 0.251 e. The van der Waals surface area contributed by atoms with E-state index in [2.05, 4.69) is 10.0 Å².